The lowest BCUT2D eigenvalue weighted by Gasteiger charge is -2.16. The number of nitro groups is 2. The van der Waals surface area contributed by atoms with Gasteiger partial charge in [-0.1, -0.05) is 18.2 Å². The van der Waals surface area contributed by atoms with Crippen LogP contribution in [0.4, 0.5) is 5.69 Å². The van der Waals surface area contributed by atoms with Crippen LogP contribution in [0.5, 0.6) is 0 Å². The monoisotopic (exact) mass is 291 g/mol. The molecular weight excluding hydrogens is 282 g/mol. The molecule has 1 aromatic rings. The zero-order valence-corrected chi connectivity index (χ0v) is 10.1. The van der Waals surface area contributed by atoms with E-state index in [1.807, 2.05) is 0 Å². The maximum Gasteiger partial charge on any atom is 0.357 e. The van der Waals surface area contributed by atoms with Gasteiger partial charge in [0.25, 0.3) is 10.1 Å². The van der Waals surface area contributed by atoms with Crippen molar-refractivity contribution in [3.05, 3.63) is 50.6 Å². The molecule has 1 unspecified atom stereocenters. The van der Waals surface area contributed by atoms with Crippen LogP contribution in [0.2, 0.25) is 0 Å². The van der Waals surface area contributed by atoms with Crippen LogP contribution >= 0.6 is 0 Å². The molecule has 10 nitrogen and oxygen atoms in total. The van der Waals surface area contributed by atoms with Crippen molar-refractivity contribution in [3.8, 4) is 0 Å². The van der Waals surface area contributed by atoms with Gasteiger partial charge in [-0.05, 0) is 17.1 Å². The molecule has 0 bridgehead atoms. The largest absolute Gasteiger partial charge is 0.357 e. The van der Waals surface area contributed by atoms with Gasteiger partial charge in [0.15, 0.2) is 10.8 Å². The van der Waals surface area contributed by atoms with Gasteiger partial charge in [-0.3, -0.25) is 14.7 Å². The van der Waals surface area contributed by atoms with Crippen LogP contribution in [0.1, 0.15) is 0 Å². The molecule has 0 radical (unpaired) electrons. The molecule has 1 rings (SSSR count). The van der Waals surface area contributed by atoms with Crippen molar-refractivity contribution in [2.24, 2.45) is 0 Å². The average molecular weight is 291 g/mol. The third-order valence-corrected chi connectivity index (χ3v) is 2.80. The van der Waals surface area contributed by atoms with Crippen molar-refractivity contribution in [2.75, 3.05) is 10.8 Å². The second-order valence-electron chi connectivity index (χ2n) is 3.43. The SMILES string of the molecule is O=[N+]([O-])C(CS(=O)(=O)O)N(c1ccccc1)[N+](=O)[O-]. The molecule has 19 heavy (non-hydrogen) atoms. The number of hydrazine groups is 1. The summed E-state index contributed by atoms with van der Waals surface area (Å²) in [5, 5.41) is 20.6. The molecule has 0 saturated heterocycles. The fraction of sp³-hybridized carbons (Fsp3) is 0.250. The van der Waals surface area contributed by atoms with Gasteiger partial charge in [0.2, 0.25) is 0 Å². The van der Waals surface area contributed by atoms with Crippen LogP contribution in [0.3, 0.4) is 0 Å². The fourth-order valence-electron chi connectivity index (χ4n) is 1.37. The lowest BCUT2D eigenvalue weighted by Crippen LogP contribution is -2.48. The maximum absolute atomic E-state index is 10.9. The van der Waals surface area contributed by atoms with Crippen molar-refractivity contribution in [2.45, 2.75) is 6.17 Å². The van der Waals surface area contributed by atoms with Gasteiger partial charge in [-0.15, -0.1) is 0 Å². The van der Waals surface area contributed by atoms with Crippen LogP contribution in [0.15, 0.2) is 30.3 Å². The lowest BCUT2D eigenvalue weighted by atomic mass is 10.3. The van der Waals surface area contributed by atoms with Gasteiger partial charge in [0.1, 0.15) is 5.69 Å². The number of hydrogen-bond donors (Lipinski definition) is 1. The highest BCUT2D eigenvalue weighted by molar-refractivity contribution is 7.85. The maximum atomic E-state index is 10.9. The van der Waals surface area contributed by atoms with E-state index in [1.165, 1.54) is 30.3 Å². The third-order valence-electron chi connectivity index (χ3n) is 2.08. The number of para-hydroxylation sites is 1. The molecular formula is C8H9N3O7S. The highest BCUT2D eigenvalue weighted by atomic mass is 32.2. The van der Waals surface area contributed by atoms with Crippen molar-refractivity contribution in [3.63, 3.8) is 0 Å². The molecule has 0 aromatic heterocycles. The molecule has 0 saturated carbocycles. The van der Waals surface area contributed by atoms with E-state index in [-0.39, 0.29) is 10.7 Å². The lowest BCUT2D eigenvalue weighted by molar-refractivity contribution is -0.595. The van der Waals surface area contributed by atoms with E-state index in [4.69, 9.17) is 4.55 Å². The third kappa shape index (κ3) is 4.15. The van der Waals surface area contributed by atoms with Crippen molar-refractivity contribution < 1.29 is 22.9 Å². The summed E-state index contributed by atoms with van der Waals surface area (Å²) in [6, 6.07) is 6.75. The Morgan fingerprint density at radius 1 is 1.21 bits per heavy atom. The van der Waals surface area contributed by atoms with Gasteiger partial charge in [0.05, 0.1) is 4.92 Å². The molecule has 11 heteroatoms. The van der Waals surface area contributed by atoms with E-state index in [0.717, 1.165) is 0 Å². The van der Waals surface area contributed by atoms with Gasteiger partial charge >= 0.3 is 6.17 Å². The number of rotatable bonds is 6. The molecule has 1 aromatic carbocycles. The summed E-state index contributed by atoms with van der Waals surface area (Å²) in [6.45, 7) is 0. The number of nitrogens with zero attached hydrogens (tertiary/aromatic N) is 3. The summed E-state index contributed by atoms with van der Waals surface area (Å²) in [4.78, 5) is 20.5. The Morgan fingerprint density at radius 3 is 2.11 bits per heavy atom. The van der Waals surface area contributed by atoms with Crippen LogP contribution < -0.4 is 5.01 Å². The molecule has 0 aliphatic rings. The predicted molar refractivity (Wildman–Crippen MR) is 63.1 cm³/mol. The van der Waals surface area contributed by atoms with Crippen molar-refractivity contribution in [1.29, 1.82) is 0 Å². The molecule has 0 aliphatic carbocycles. The minimum absolute atomic E-state index is 0.0772. The average Bonchev–Trinajstić information content (AvgIpc) is 2.27. The van der Waals surface area contributed by atoms with Gasteiger partial charge in [-0.2, -0.15) is 8.42 Å². The summed E-state index contributed by atoms with van der Waals surface area (Å²) in [7, 11) is -4.74. The summed E-state index contributed by atoms with van der Waals surface area (Å²) < 4.78 is 30.0. The Morgan fingerprint density at radius 2 is 1.74 bits per heavy atom. The summed E-state index contributed by atoms with van der Waals surface area (Å²) in [5.74, 6) is -1.39. The molecule has 0 fully saturated rings. The van der Waals surface area contributed by atoms with E-state index in [0.29, 0.717) is 0 Å². The first-order chi connectivity index (χ1) is 8.72. The summed E-state index contributed by atoms with van der Waals surface area (Å²) >= 11 is 0. The fourth-order valence-corrected chi connectivity index (χ4v) is 2.00. The Balaban J connectivity index is 3.22. The Hall–Kier alpha value is -2.27. The van der Waals surface area contributed by atoms with E-state index in [1.54, 1.807) is 0 Å². The van der Waals surface area contributed by atoms with Crippen molar-refractivity contribution in [1.82, 2.24) is 0 Å². The van der Waals surface area contributed by atoms with Crippen LogP contribution in [-0.4, -0.2) is 34.8 Å². The van der Waals surface area contributed by atoms with E-state index >= 15 is 0 Å². The molecule has 0 spiro atoms. The zero-order valence-electron chi connectivity index (χ0n) is 9.32. The Labute approximate surface area is 107 Å². The summed E-state index contributed by atoms with van der Waals surface area (Å²) in [6.07, 6.45) is -2.23. The molecule has 104 valence electrons. The van der Waals surface area contributed by atoms with Crippen molar-refractivity contribution >= 4 is 15.8 Å². The van der Waals surface area contributed by atoms with Crippen LogP contribution in [0, 0.1) is 20.2 Å². The zero-order chi connectivity index (χ0) is 14.6. The van der Waals surface area contributed by atoms with Crippen LogP contribution in [-0.2, 0) is 10.1 Å². The molecule has 0 aliphatic heterocycles. The predicted octanol–water partition coefficient (Wildman–Crippen LogP) is 0.175. The highest BCUT2D eigenvalue weighted by Crippen LogP contribution is 2.17. The molecule has 1 N–H and O–H groups in total. The first kappa shape index (κ1) is 14.8. The number of benzene rings is 1. The van der Waals surface area contributed by atoms with E-state index in [2.05, 4.69) is 0 Å². The Bertz CT molecular complexity index is 573. The second kappa shape index (κ2) is 5.58. The summed E-state index contributed by atoms with van der Waals surface area (Å²) in [5.41, 5.74) is -0.169. The standard InChI is InChI=1S/C8H9N3O7S/c12-10(13)8(6-19(16,17)18)9(11(14)15)7-4-2-1-3-5-7/h1-5,8H,6H2,(H,16,17,18). The minimum Gasteiger partial charge on any atom is -0.285 e. The van der Waals surface area contributed by atoms with Gasteiger partial charge in [-0.25, -0.2) is 10.1 Å². The molecule has 0 amide bonds. The normalized spacial score (nSPS) is 12.7. The first-order valence-corrected chi connectivity index (χ1v) is 6.40. The molecule has 1 atom stereocenters. The van der Waals surface area contributed by atoms with E-state index in [9.17, 15) is 28.6 Å². The first-order valence-electron chi connectivity index (χ1n) is 4.79. The second-order valence-corrected chi connectivity index (χ2v) is 4.93. The van der Waals surface area contributed by atoms with Gasteiger partial charge < -0.3 is 0 Å². The topological polar surface area (TPSA) is 144 Å². The molecule has 0 heterocycles. The Kier molecular flexibility index (Phi) is 4.34. The highest BCUT2D eigenvalue weighted by Gasteiger charge is 2.41. The van der Waals surface area contributed by atoms with Crippen LogP contribution in [0.25, 0.3) is 0 Å². The van der Waals surface area contributed by atoms with Gasteiger partial charge in [0, 0.05) is 0 Å². The van der Waals surface area contributed by atoms with E-state index < -0.39 is 32.0 Å². The quantitative estimate of drug-likeness (QED) is 0.338. The minimum atomic E-state index is -4.74. The smallest absolute Gasteiger partial charge is 0.285 e. The number of hydrogen-bond acceptors (Lipinski definition) is 6. The number of anilines is 1.